The SMILES string of the molecule is COc1cc(OC)cc(OCc2cc(=O)n3[nH]c(-c4ccccc4)nc3n2)c1. The molecule has 0 aliphatic carbocycles. The molecule has 1 N–H and O–H groups in total. The zero-order valence-electron chi connectivity index (χ0n) is 15.4. The zero-order valence-corrected chi connectivity index (χ0v) is 15.4. The van der Waals surface area contributed by atoms with Crippen LogP contribution in [0, 0.1) is 0 Å². The maximum absolute atomic E-state index is 12.4. The Hall–Kier alpha value is -3.81. The molecule has 2 heterocycles. The first-order valence-electron chi connectivity index (χ1n) is 8.56. The standard InChI is InChI=1S/C20H18N4O4/c1-26-15-9-16(27-2)11-17(10-15)28-12-14-8-18(25)24-20(21-14)22-19(23-24)13-6-4-3-5-7-13/h3-11H,12H2,1-2H3,(H,21,22,23). The summed E-state index contributed by atoms with van der Waals surface area (Å²) >= 11 is 0. The summed E-state index contributed by atoms with van der Waals surface area (Å²) in [5.74, 6) is 2.62. The van der Waals surface area contributed by atoms with Crippen LogP contribution in [0.3, 0.4) is 0 Å². The number of aromatic amines is 1. The first-order chi connectivity index (χ1) is 13.7. The molecule has 0 spiro atoms. The lowest BCUT2D eigenvalue weighted by Crippen LogP contribution is -2.16. The highest BCUT2D eigenvalue weighted by atomic mass is 16.5. The molecule has 0 unspecified atom stereocenters. The number of fused-ring (bicyclic) bond motifs is 1. The van der Waals surface area contributed by atoms with Crippen LogP contribution in [-0.4, -0.2) is 33.8 Å². The van der Waals surface area contributed by atoms with Crippen molar-refractivity contribution in [1.29, 1.82) is 0 Å². The maximum atomic E-state index is 12.4. The first-order valence-corrected chi connectivity index (χ1v) is 8.56. The highest BCUT2D eigenvalue weighted by Crippen LogP contribution is 2.27. The van der Waals surface area contributed by atoms with Crippen LogP contribution in [-0.2, 0) is 6.61 Å². The fourth-order valence-corrected chi connectivity index (χ4v) is 2.75. The van der Waals surface area contributed by atoms with E-state index >= 15 is 0 Å². The van der Waals surface area contributed by atoms with Gasteiger partial charge in [0.15, 0.2) is 5.82 Å². The summed E-state index contributed by atoms with van der Waals surface area (Å²) in [6, 6.07) is 16.2. The Balaban J connectivity index is 1.61. The largest absolute Gasteiger partial charge is 0.496 e. The lowest BCUT2D eigenvalue weighted by molar-refractivity contribution is 0.296. The molecule has 2 aromatic heterocycles. The molecule has 142 valence electrons. The van der Waals surface area contributed by atoms with Crippen LogP contribution in [0.25, 0.3) is 17.2 Å². The third-order valence-electron chi connectivity index (χ3n) is 4.14. The smallest absolute Gasteiger partial charge is 0.274 e. The number of ether oxygens (including phenoxy) is 3. The third-order valence-corrected chi connectivity index (χ3v) is 4.14. The van der Waals surface area contributed by atoms with E-state index in [2.05, 4.69) is 15.1 Å². The third kappa shape index (κ3) is 3.52. The van der Waals surface area contributed by atoms with Gasteiger partial charge < -0.3 is 14.2 Å². The molecule has 8 nitrogen and oxygen atoms in total. The molecule has 0 saturated heterocycles. The number of methoxy groups -OCH3 is 2. The number of nitrogens with zero attached hydrogens (tertiary/aromatic N) is 3. The molecule has 0 fully saturated rings. The van der Waals surface area contributed by atoms with Crippen molar-refractivity contribution in [3.05, 3.63) is 70.6 Å². The number of benzene rings is 2. The van der Waals surface area contributed by atoms with E-state index in [-0.39, 0.29) is 17.9 Å². The van der Waals surface area contributed by atoms with Crippen molar-refractivity contribution in [1.82, 2.24) is 19.6 Å². The Morgan fingerprint density at radius 3 is 2.29 bits per heavy atom. The van der Waals surface area contributed by atoms with Gasteiger partial charge in [0, 0.05) is 29.8 Å². The van der Waals surface area contributed by atoms with E-state index < -0.39 is 0 Å². The van der Waals surface area contributed by atoms with Crippen LogP contribution in [0.4, 0.5) is 0 Å². The van der Waals surface area contributed by atoms with E-state index in [0.717, 1.165) is 5.56 Å². The molecule has 0 aliphatic rings. The zero-order chi connectivity index (χ0) is 19.5. The molecule has 4 aromatic rings. The summed E-state index contributed by atoms with van der Waals surface area (Å²) in [6.45, 7) is 0.107. The number of rotatable bonds is 6. The fraction of sp³-hybridized carbons (Fsp3) is 0.150. The van der Waals surface area contributed by atoms with Crippen molar-refractivity contribution in [3.63, 3.8) is 0 Å². The van der Waals surface area contributed by atoms with Gasteiger partial charge in [0.25, 0.3) is 11.3 Å². The van der Waals surface area contributed by atoms with E-state index in [1.165, 1.54) is 10.6 Å². The minimum Gasteiger partial charge on any atom is -0.496 e. The number of nitrogens with one attached hydrogen (secondary N) is 1. The monoisotopic (exact) mass is 378 g/mol. The molecule has 0 aliphatic heterocycles. The normalized spacial score (nSPS) is 10.8. The molecule has 28 heavy (non-hydrogen) atoms. The number of H-pyrrole nitrogens is 1. The van der Waals surface area contributed by atoms with E-state index in [1.54, 1.807) is 32.4 Å². The first kappa shape index (κ1) is 17.6. The fourth-order valence-electron chi connectivity index (χ4n) is 2.75. The summed E-state index contributed by atoms with van der Waals surface area (Å²) in [5, 5.41) is 2.97. The lowest BCUT2D eigenvalue weighted by Gasteiger charge is -2.10. The molecule has 0 radical (unpaired) electrons. The molecule has 2 aromatic carbocycles. The maximum Gasteiger partial charge on any atom is 0.274 e. The van der Waals surface area contributed by atoms with E-state index in [1.807, 2.05) is 30.3 Å². The Morgan fingerprint density at radius 2 is 1.61 bits per heavy atom. The van der Waals surface area contributed by atoms with Crippen LogP contribution < -0.4 is 19.8 Å². The quantitative estimate of drug-likeness (QED) is 0.555. The topological polar surface area (TPSA) is 90.7 Å². The molecule has 8 heteroatoms. The Labute approximate surface area is 160 Å². The highest BCUT2D eigenvalue weighted by molar-refractivity contribution is 5.56. The molecule has 0 saturated carbocycles. The van der Waals surface area contributed by atoms with Crippen LogP contribution >= 0.6 is 0 Å². The Morgan fingerprint density at radius 1 is 0.929 bits per heavy atom. The van der Waals surface area contributed by atoms with Crippen LogP contribution in [0.15, 0.2) is 59.4 Å². The average Bonchev–Trinajstić information content (AvgIpc) is 3.17. The van der Waals surface area contributed by atoms with E-state index in [9.17, 15) is 4.79 Å². The van der Waals surface area contributed by atoms with Gasteiger partial charge in [-0.25, -0.2) is 4.98 Å². The van der Waals surface area contributed by atoms with Crippen molar-refractivity contribution in [3.8, 4) is 28.6 Å². The van der Waals surface area contributed by atoms with Crippen LogP contribution in [0.2, 0.25) is 0 Å². The Kier molecular flexibility index (Phi) is 4.67. The summed E-state index contributed by atoms with van der Waals surface area (Å²) < 4.78 is 17.5. The van der Waals surface area contributed by atoms with Crippen molar-refractivity contribution in [2.45, 2.75) is 6.61 Å². The highest BCUT2D eigenvalue weighted by Gasteiger charge is 2.10. The second kappa shape index (κ2) is 7.43. The van der Waals surface area contributed by atoms with Gasteiger partial charge in [-0.2, -0.15) is 9.50 Å². The van der Waals surface area contributed by atoms with Crippen molar-refractivity contribution >= 4 is 5.78 Å². The van der Waals surface area contributed by atoms with Gasteiger partial charge in [-0.15, -0.1) is 0 Å². The van der Waals surface area contributed by atoms with Crippen molar-refractivity contribution in [2.24, 2.45) is 0 Å². The number of aromatic nitrogens is 4. The molecule has 4 rings (SSSR count). The van der Waals surface area contributed by atoms with Gasteiger partial charge in [-0.1, -0.05) is 30.3 Å². The Bertz CT molecular complexity index is 1150. The molecule has 0 atom stereocenters. The van der Waals surface area contributed by atoms with Gasteiger partial charge in [-0.05, 0) is 0 Å². The molecule has 0 bridgehead atoms. The second-order valence-corrected chi connectivity index (χ2v) is 6.00. The molecule has 0 amide bonds. The number of hydrogen-bond donors (Lipinski definition) is 1. The minimum absolute atomic E-state index is 0.107. The summed E-state index contributed by atoms with van der Waals surface area (Å²) in [7, 11) is 3.13. The van der Waals surface area contributed by atoms with Crippen molar-refractivity contribution in [2.75, 3.05) is 14.2 Å². The van der Waals surface area contributed by atoms with E-state index in [4.69, 9.17) is 14.2 Å². The lowest BCUT2D eigenvalue weighted by atomic mass is 10.2. The van der Waals surface area contributed by atoms with Gasteiger partial charge in [0.2, 0.25) is 0 Å². The predicted molar refractivity (Wildman–Crippen MR) is 103 cm³/mol. The minimum atomic E-state index is -0.262. The van der Waals surface area contributed by atoms with Crippen LogP contribution in [0.5, 0.6) is 17.2 Å². The van der Waals surface area contributed by atoms with E-state index in [0.29, 0.717) is 28.8 Å². The predicted octanol–water partition coefficient (Wildman–Crippen LogP) is 2.68. The molecular formula is C20H18N4O4. The van der Waals surface area contributed by atoms with Crippen LogP contribution in [0.1, 0.15) is 5.69 Å². The van der Waals surface area contributed by atoms with Crippen molar-refractivity contribution < 1.29 is 14.2 Å². The number of hydrogen-bond acceptors (Lipinski definition) is 6. The van der Waals surface area contributed by atoms with Gasteiger partial charge in [-0.3, -0.25) is 9.89 Å². The summed E-state index contributed by atoms with van der Waals surface area (Å²) in [5.41, 5.74) is 1.08. The molecular weight excluding hydrogens is 360 g/mol. The average molecular weight is 378 g/mol. The second-order valence-electron chi connectivity index (χ2n) is 6.00. The summed E-state index contributed by atoms with van der Waals surface area (Å²) in [6.07, 6.45) is 0. The van der Waals surface area contributed by atoms with Gasteiger partial charge in [0.1, 0.15) is 23.9 Å². The summed E-state index contributed by atoms with van der Waals surface area (Å²) in [4.78, 5) is 21.2. The van der Waals surface area contributed by atoms with Gasteiger partial charge in [0.05, 0.1) is 19.9 Å². The van der Waals surface area contributed by atoms with Gasteiger partial charge >= 0.3 is 0 Å².